The van der Waals surface area contributed by atoms with Crippen LogP contribution in [-0.2, 0) is 0 Å². The van der Waals surface area contributed by atoms with Gasteiger partial charge in [0.05, 0.1) is 0 Å². The van der Waals surface area contributed by atoms with E-state index in [2.05, 4.69) is 96.9 Å². The summed E-state index contributed by atoms with van der Waals surface area (Å²) in [7, 11) is 26.9. The van der Waals surface area contributed by atoms with Crippen molar-refractivity contribution in [2.45, 2.75) is 96.9 Å². The third kappa shape index (κ3) is 129. The molecule has 0 aromatic rings. The van der Waals surface area contributed by atoms with Crippen molar-refractivity contribution >= 4 is 151 Å². The van der Waals surface area contributed by atoms with E-state index in [1.165, 1.54) is 80.5 Å². The van der Waals surface area contributed by atoms with Gasteiger partial charge < -0.3 is 0 Å². The average molecular weight is 856 g/mol. The average Bonchev–Trinajstić information content (AvgIpc) is 3.03. The van der Waals surface area contributed by atoms with Crippen LogP contribution in [0.5, 0.6) is 0 Å². The quantitative estimate of drug-likeness (QED) is 0.0794. The van der Waals surface area contributed by atoms with Gasteiger partial charge >= 0.3 is 0 Å². The topological polar surface area (TPSA) is 0 Å². The maximum absolute atomic E-state index is 2.17. The van der Waals surface area contributed by atoms with Crippen LogP contribution < -0.4 is 0 Å². The molecule has 0 unspecified atom stereocenters. The zero-order chi connectivity index (χ0) is 33.8. The van der Waals surface area contributed by atoms with Crippen molar-refractivity contribution < 1.29 is 0 Å². The van der Waals surface area contributed by atoms with Crippen molar-refractivity contribution in [2.24, 2.45) is 0 Å². The van der Waals surface area contributed by atoms with Crippen LogP contribution in [0.1, 0.15) is 96.9 Å². The second kappa shape index (κ2) is 85.5. The molecule has 0 N–H and O–H groups in total. The molecular weight excluding hydrogens is 785 g/mol. The summed E-state index contributed by atoms with van der Waals surface area (Å²) in [5.74, 6) is 17.3. The number of rotatable bonds is 21. The predicted octanol–water partition coefficient (Wildman–Crippen LogP) is 16.9. The lowest BCUT2D eigenvalue weighted by Crippen LogP contribution is -1.59. The fourth-order valence-electron chi connectivity index (χ4n) is 1.17. The smallest absolute Gasteiger partial charge is 0.000844 e. The van der Waals surface area contributed by atoms with E-state index in [4.69, 9.17) is 0 Å². The molecule has 266 valence electrons. The highest BCUT2D eigenvalue weighted by Crippen LogP contribution is 2.21. The van der Waals surface area contributed by atoms with Gasteiger partial charge in [-0.2, -0.15) is 0 Å². The highest BCUT2D eigenvalue weighted by molar-refractivity contribution is 8.78. The van der Waals surface area contributed by atoms with Gasteiger partial charge in [0.25, 0.3) is 0 Å². The van der Waals surface area contributed by atoms with Gasteiger partial charge in [-0.15, -0.1) is 0 Å². The van der Waals surface area contributed by atoms with E-state index >= 15 is 0 Å². The van der Waals surface area contributed by atoms with E-state index in [1.807, 2.05) is 151 Å². The van der Waals surface area contributed by atoms with Crippen molar-refractivity contribution in [3.05, 3.63) is 0 Å². The Morgan fingerprint density at radius 3 is 0.214 bits per heavy atom. The minimum absolute atomic E-state index is 1.23. The van der Waals surface area contributed by atoms with E-state index in [0.717, 1.165) is 0 Å². The lowest BCUT2D eigenvalue weighted by Gasteiger charge is -1.86. The Morgan fingerprint density at radius 1 is 0.143 bits per heavy atom. The van der Waals surface area contributed by atoms with Crippen LogP contribution in [0.25, 0.3) is 0 Å². The van der Waals surface area contributed by atoms with E-state index in [1.54, 1.807) is 0 Å². The molecule has 0 aromatic heterocycles. The minimum Gasteiger partial charge on any atom is -0.0945 e. The first kappa shape index (κ1) is 62.1. The van der Waals surface area contributed by atoms with Crippen molar-refractivity contribution in [1.82, 2.24) is 0 Å². The van der Waals surface area contributed by atoms with Gasteiger partial charge in [0.1, 0.15) is 0 Å². The fraction of sp³-hybridized carbons (Fsp3) is 1.00. The summed E-state index contributed by atoms with van der Waals surface area (Å²) < 4.78 is 0. The zero-order valence-electron chi connectivity index (χ0n) is 29.6. The number of hydrogen-bond donors (Lipinski definition) is 0. The largest absolute Gasteiger partial charge is 0.0945 e. The Morgan fingerprint density at radius 2 is 0.190 bits per heavy atom. The van der Waals surface area contributed by atoms with Crippen LogP contribution in [0, 0.1) is 0 Å². The first-order valence-electron chi connectivity index (χ1n) is 15.1. The van der Waals surface area contributed by atoms with Crippen LogP contribution in [0.3, 0.4) is 0 Å². The molecule has 0 spiro atoms. The molecular formula is C28H70S14. The second-order valence-electron chi connectivity index (χ2n) is 5.69. The minimum atomic E-state index is 1.23. The standard InChI is InChI=1S/7C4H10S2/c7*1-3-5-6-4-2/h7*3-4H2,1-2H3. The first-order valence-corrected chi connectivity index (χ1v) is 32.5. The highest BCUT2D eigenvalue weighted by atomic mass is 33.1. The Labute approximate surface area is 324 Å². The molecule has 0 amide bonds. The molecule has 0 aliphatic carbocycles. The molecule has 0 aromatic carbocycles. The molecule has 14 heteroatoms. The summed E-state index contributed by atoms with van der Waals surface area (Å²) in [5, 5.41) is 0. The SMILES string of the molecule is CCSSCC.CCSSCC.CCSSCC.CCSSCC.CCSSCC.CCSSCC.CCSSCC. The second-order valence-corrected chi connectivity index (χ2v) is 27.0. The van der Waals surface area contributed by atoms with Crippen LogP contribution in [0.4, 0.5) is 0 Å². The summed E-state index contributed by atoms with van der Waals surface area (Å²) in [6, 6.07) is 0. The molecule has 0 aliphatic heterocycles. The Kier molecular flexibility index (Phi) is 126. The molecule has 0 rings (SSSR count). The van der Waals surface area contributed by atoms with Crippen molar-refractivity contribution in [3.63, 3.8) is 0 Å². The van der Waals surface area contributed by atoms with E-state index < -0.39 is 0 Å². The first-order chi connectivity index (χ1) is 20.4. The van der Waals surface area contributed by atoms with Crippen LogP contribution in [0.2, 0.25) is 0 Å². The van der Waals surface area contributed by atoms with Gasteiger partial charge in [0, 0.05) is 80.5 Å². The summed E-state index contributed by atoms with van der Waals surface area (Å²) in [6.07, 6.45) is 0. The van der Waals surface area contributed by atoms with Gasteiger partial charge in [-0.05, 0) is 0 Å². The maximum atomic E-state index is 2.17. The van der Waals surface area contributed by atoms with Crippen molar-refractivity contribution in [1.29, 1.82) is 0 Å². The van der Waals surface area contributed by atoms with Gasteiger partial charge in [-0.3, -0.25) is 0 Å². The molecule has 0 radical (unpaired) electrons. The van der Waals surface area contributed by atoms with Gasteiger partial charge in [-0.25, -0.2) is 0 Å². The van der Waals surface area contributed by atoms with Crippen molar-refractivity contribution in [2.75, 3.05) is 80.5 Å². The molecule has 0 saturated carbocycles. The number of hydrogen-bond acceptors (Lipinski definition) is 14. The van der Waals surface area contributed by atoms with E-state index in [0.29, 0.717) is 0 Å². The van der Waals surface area contributed by atoms with Crippen LogP contribution in [-0.4, -0.2) is 80.5 Å². The van der Waals surface area contributed by atoms with Crippen LogP contribution in [0.15, 0.2) is 0 Å². The molecule has 0 bridgehead atoms. The molecule has 0 heterocycles. The Bertz CT molecular complexity index is 201. The lowest BCUT2D eigenvalue weighted by atomic mass is 11.0. The lowest BCUT2D eigenvalue weighted by molar-refractivity contribution is 1.53. The Hall–Kier alpha value is 4.90. The summed E-state index contributed by atoms with van der Waals surface area (Å²) >= 11 is 0. The fourth-order valence-corrected chi connectivity index (χ4v) is 10.5. The normalized spacial score (nSPS) is 9.00. The van der Waals surface area contributed by atoms with Gasteiger partial charge in [-0.1, -0.05) is 248 Å². The maximum Gasteiger partial charge on any atom is 0.000844 e. The molecule has 0 fully saturated rings. The summed E-state index contributed by atoms with van der Waals surface area (Å²) in [6.45, 7) is 30.4. The zero-order valence-corrected chi connectivity index (χ0v) is 41.0. The third-order valence-corrected chi connectivity index (χ3v) is 20.1. The van der Waals surface area contributed by atoms with Gasteiger partial charge in [0.15, 0.2) is 0 Å². The Balaban J connectivity index is -0.0000000681. The predicted molar refractivity (Wildman–Crippen MR) is 254 cm³/mol. The summed E-state index contributed by atoms with van der Waals surface area (Å²) in [5.41, 5.74) is 0. The van der Waals surface area contributed by atoms with Crippen LogP contribution >= 0.6 is 151 Å². The molecule has 0 atom stereocenters. The van der Waals surface area contributed by atoms with Crippen molar-refractivity contribution in [3.8, 4) is 0 Å². The van der Waals surface area contributed by atoms with E-state index in [9.17, 15) is 0 Å². The molecule has 0 nitrogen and oxygen atoms in total. The van der Waals surface area contributed by atoms with Gasteiger partial charge in [0.2, 0.25) is 0 Å². The highest BCUT2D eigenvalue weighted by Gasteiger charge is 1.78. The monoisotopic (exact) mass is 854 g/mol. The molecule has 42 heavy (non-hydrogen) atoms. The third-order valence-electron chi connectivity index (χ3n) is 2.23. The molecule has 0 saturated heterocycles. The molecule has 0 aliphatic rings. The summed E-state index contributed by atoms with van der Waals surface area (Å²) in [4.78, 5) is 0. The van der Waals surface area contributed by atoms with E-state index in [-0.39, 0.29) is 0 Å².